The number of aliphatic hydroxyl groups is 1. The average Bonchev–Trinajstić information content (AvgIpc) is 2.96. The third-order valence-corrected chi connectivity index (χ3v) is 4.93. The lowest BCUT2D eigenvalue weighted by molar-refractivity contribution is 0.150. The lowest BCUT2D eigenvalue weighted by Gasteiger charge is -2.33. The molecular weight excluding hydrogens is 264 g/mol. The maximum Gasteiger partial charge on any atom is 0.118 e. The summed E-state index contributed by atoms with van der Waals surface area (Å²) in [6.07, 6.45) is 4.75. The van der Waals surface area contributed by atoms with E-state index >= 15 is 0 Å². The van der Waals surface area contributed by atoms with Crippen LogP contribution in [0.2, 0.25) is 0 Å². The van der Waals surface area contributed by atoms with Crippen LogP contribution in [0.25, 0.3) is 0 Å². The van der Waals surface area contributed by atoms with Crippen molar-refractivity contribution in [2.75, 3.05) is 26.7 Å². The van der Waals surface area contributed by atoms with Crippen LogP contribution in [0.1, 0.15) is 37.4 Å². The van der Waals surface area contributed by atoms with E-state index < -0.39 is 6.10 Å². The van der Waals surface area contributed by atoms with Gasteiger partial charge in [-0.1, -0.05) is 18.6 Å². The predicted molar refractivity (Wildman–Crippen MR) is 83.6 cm³/mol. The molecule has 3 rings (SSSR count). The number of methoxy groups -OCH3 is 1. The van der Waals surface area contributed by atoms with Crippen LogP contribution in [0.15, 0.2) is 24.3 Å². The molecule has 4 nitrogen and oxygen atoms in total. The van der Waals surface area contributed by atoms with Gasteiger partial charge in [0.2, 0.25) is 0 Å². The van der Waals surface area contributed by atoms with Crippen molar-refractivity contribution in [2.24, 2.45) is 0 Å². The van der Waals surface area contributed by atoms with Crippen LogP contribution >= 0.6 is 0 Å². The molecule has 0 aliphatic carbocycles. The number of rotatable bonds is 5. The first-order valence-corrected chi connectivity index (χ1v) is 8.07. The molecule has 0 spiro atoms. The van der Waals surface area contributed by atoms with Crippen molar-refractivity contribution in [1.29, 1.82) is 0 Å². The van der Waals surface area contributed by atoms with Gasteiger partial charge in [0.05, 0.1) is 13.2 Å². The molecule has 0 amide bonds. The number of hydrogen-bond acceptors (Lipinski definition) is 4. The summed E-state index contributed by atoms with van der Waals surface area (Å²) in [6, 6.07) is 8.90. The lowest BCUT2D eigenvalue weighted by Crippen LogP contribution is -2.45. The minimum atomic E-state index is -0.450. The predicted octanol–water partition coefficient (Wildman–Crippen LogP) is 1.94. The third kappa shape index (κ3) is 3.39. The minimum absolute atomic E-state index is 0.450. The van der Waals surface area contributed by atoms with Gasteiger partial charge in [0.25, 0.3) is 0 Å². The highest BCUT2D eigenvalue weighted by Gasteiger charge is 2.35. The zero-order chi connectivity index (χ0) is 14.7. The average molecular weight is 290 g/mol. The molecule has 3 unspecified atom stereocenters. The summed E-state index contributed by atoms with van der Waals surface area (Å²) in [7, 11) is 1.66. The monoisotopic (exact) mass is 290 g/mol. The van der Waals surface area contributed by atoms with Gasteiger partial charge >= 0.3 is 0 Å². The molecule has 2 heterocycles. The van der Waals surface area contributed by atoms with Gasteiger partial charge < -0.3 is 15.2 Å². The Kier molecular flexibility index (Phi) is 4.78. The Hall–Kier alpha value is -1.10. The van der Waals surface area contributed by atoms with Crippen molar-refractivity contribution in [3.05, 3.63) is 29.8 Å². The number of piperidine rings is 1. The first-order valence-electron chi connectivity index (χ1n) is 8.07. The Bertz CT molecular complexity index is 449. The van der Waals surface area contributed by atoms with Crippen molar-refractivity contribution < 1.29 is 9.84 Å². The normalized spacial score (nSPS) is 27.3. The number of nitrogens with zero attached hydrogens (tertiary/aromatic N) is 1. The Morgan fingerprint density at radius 3 is 2.81 bits per heavy atom. The minimum Gasteiger partial charge on any atom is -0.497 e. The second-order valence-corrected chi connectivity index (χ2v) is 6.19. The first-order chi connectivity index (χ1) is 10.3. The van der Waals surface area contributed by atoms with E-state index in [1.807, 2.05) is 24.3 Å². The smallest absolute Gasteiger partial charge is 0.118 e. The second kappa shape index (κ2) is 6.77. The summed E-state index contributed by atoms with van der Waals surface area (Å²) >= 11 is 0. The molecule has 4 heteroatoms. The molecule has 116 valence electrons. The Balaban J connectivity index is 1.52. The van der Waals surface area contributed by atoms with Crippen molar-refractivity contribution in [3.63, 3.8) is 0 Å². The van der Waals surface area contributed by atoms with Crippen LogP contribution in [-0.2, 0) is 0 Å². The van der Waals surface area contributed by atoms with E-state index in [1.165, 1.54) is 38.8 Å². The zero-order valence-corrected chi connectivity index (χ0v) is 12.8. The van der Waals surface area contributed by atoms with E-state index in [1.54, 1.807) is 7.11 Å². The molecule has 0 aromatic heterocycles. The van der Waals surface area contributed by atoms with Crippen molar-refractivity contribution >= 4 is 0 Å². The van der Waals surface area contributed by atoms with E-state index in [0.717, 1.165) is 11.3 Å². The van der Waals surface area contributed by atoms with Gasteiger partial charge in [0.15, 0.2) is 0 Å². The van der Waals surface area contributed by atoms with Crippen LogP contribution in [-0.4, -0.2) is 48.8 Å². The van der Waals surface area contributed by atoms with E-state index in [2.05, 4.69) is 10.2 Å². The van der Waals surface area contributed by atoms with Crippen LogP contribution in [0.4, 0.5) is 0 Å². The Morgan fingerprint density at radius 2 is 2.05 bits per heavy atom. The molecule has 2 aliphatic heterocycles. The van der Waals surface area contributed by atoms with Crippen molar-refractivity contribution in [2.45, 2.75) is 43.9 Å². The standard InChI is InChI=1S/C17H26N2O2/c1-21-14-7-5-13(6-8-14)17(20)12-18-15-9-11-19-10-3-2-4-16(15)19/h5-8,15-18,20H,2-4,9-12H2,1H3. The Labute approximate surface area is 127 Å². The molecule has 1 aromatic carbocycles. The van der Waals surface area contributed by atoms with Gasteiger partial charge in [-0.2, -0.15) is 0 Å². The second-order valence-electron chi connectivity index (χ2n) is 6.19. The Morgan fingerprint density at radius 1 is 1.24 bits per heavy atom. The fourth-order valence-corrected chi connectivity index (χ4v) is 3.69. The summed E-state index contributed by atoms with van der Waals surface area (Å²) in [5, 5.41) is 13.9. The number of ether oxygens (including phenoxy) is 1. The van der Waals surface area contributed by atoms with E-state index in [9.17, 15) is 5.11 Å². The third-order valence-electron chi connectivity index (χ3n) is 4.93. The fraction of sp³-hybridized carbons (Fsp3) is 0.647. The summed E-state index contributed by atoms with van der Waals surface area (Å²) in [6.45, 7) is 3.09. The molecule has 0 saturated carbocycles. The van der Waals surface area contributed by atoms with Gasteiger partial charge in [-0.15, -0.1) is 0 Å². The van der Waals surface area contributed by atoms with E-state index in [0.29, 0.717) is 18.6 Å². The maximum atomic E-state index is 10.3. The molecule has 0 bridgehead atoms. The highest BCUT2D eigenvalue weighted by Crippen LogP contribution is 2.27. The molecule has 21 heavy (non-hydrogen) atoms. The van der Waals surface area contributed by atoms with Gasteiger partial charge in [-0.25, -0.2) is 0 Å². The lowest BCUT2D eigenvalue weighted by atomic mass is 9.98. The maximum absolute atomic E-state index is 10.3. The van der Waals surface area contributed by atoms with Crippen LogP contribution in [0.5, 0.6) is 5.75 Å². The summed E-state index contributed by atoms with van der Waals surface area (Å²) in [4.78, 5) is 2.61. The number of benzene rings is 1. The van der Waals surface area contributed by atoms with Gasteiger partial charge in [0.1, 0.15) is 5.75 Å². The SMILES string of the molecule is COc1ccc(C(O)CNC2CCN3CCCCC23)cc1. The van der Waals surface area contributed by atoms with Crippen molar-refractivity contribution in [1.82, 2.24) is 10.2 Å². The number of nitrogens with one attached hydrogen (secondary N) is 1. The van der Waals surface area contributed by atoms with Crippen LogP contribution in [0, 0.1) is 0 Å². The molecule has 2 N–H and O–H groups in total. The molecule has 2 saturated heterocycles. The summed E-state index contributed by atoms with van der Waals surface area (Å²) in [5.74, 6) is 0.826. The molecule has 0 radical (unpaired) electrons. The molecular formula is C17H26N2O2. The number of aliphatic hydroxyl groups excluding tert-OH is 1. The number of fused-ring (bicyclic) bond motifs is 1. The van der Waals surface area contributed by atoms with Gasteiger partial charge in [-0.3, -0.25) is 4.90 Å². The summed E-state index contributed by atoms with van der Waals surface area (Å²) < 4.78 is 5.15. The molecule has 3 atom stereocenters. The zero-order valence-electron chi connectivity index (χ0n) is 12.8. The fourth-order valence-electron chi connectivity index (χ4n) is 3.69. The first kappa shape index (κ1) is 14.8. The number of hydrogen-bond donors (Lipinski definition) is 2. The van der Waals surface area contributed by atoms with Gasteiger partial charge in [-0.05, 0) is 43.5 Å². The molecule has 2 aliphatic rings. The van der Waals surface area contributed by atoms with Crippen LogP contribution in [0.3, 0.4) is 0 Å². The summed E-state index contributed by atoms with van der Waals surface area (Å²) in [5.41, 5.74) is 0.946. The van der Waals surface area contributed by atoms with E-state index in [-0.39, 0.29) is 0 Å². The van der Waals surface area contributed by atoms with Gasteiger partial charge in [0, 0.05) is 25.2 Å². The molecule has 2 fully saturated rings. The van der Waals surface area contributed by atoms with Crippen molar-refractivity contribution in [3.8, 4) is 5.75 Å². The quantitative estimate of drug-likeness (QED) is 0.870. The van der Waals surface area contributed by atoms with Crippen LogP contribution < -0.4 is 10.1 Å². The topological polar surface area (TPSA) is 44.7 Å². The molecule has 1 aromatic rings. The highest BCUT2D eigenvalue weighted by molar-refractivity contribution is 5.28. The largest absolute Gasteiger partial charge is 0.497 e. The van der Waals surface area contributed by atoms with E-state index in [4.69, 9.17) is 4.74 Å². The highest BCUT2D eigenvalue weighted by atomic mass is 16.5.